The Balaban J connectivity index is 1.52. The van der Waals surface area contributed by atoms with Crippen LogP contribution in [0.15, 0.2) is 107 Å². The molecule has 1 aliphatic heterocycles. The van der Waals surface area contributed by atoms with E-state index in [9.17, 15) is 14.7 Å². The monoisotopic (exact) mass is 568 g/mol. The number of aliphatic hydroxyl groups excluding tert-OH is 1. The van der Waals surface area contributed by atoms with Gasteiger partial charge >= 0.3 is 0 Å². The molecule has 1 saturated heterocycles. The van der Waals surface area contributed by atoms with Gasteiger partial charge in [-0.25, -0.2) is 0 Å². The zero-order valence-corrected chi connectivity index (χ0v) is 22.3. The van der Waals surface area contributed by atoms with E-state index in [1.54, 1.807) is 36.7 Å². The van der Waals surface area contributed by atoms with Crippen LogP contribution < -0.4 is 4.74 Å². The molecule has 190 valence electrons. The number of carbonyl (C=O) groups excluding carboxylic acids is 2. The van der Waals surface area contributed by atoms with Crippen molar-refractivity contribution in [2.45, 2.75) is 26.1 Å². The maximum Gasteiger partial charge on any atom is 0.295 e. The van der Waals surface area contributed by atoms with Crippen LogP contribution in [0.3, 0.4) is 0 Å². The molecule has 1 atom stereocenters. The third-order valence-corrected chi connectivity index (χ3v) is 6.96. The lowest BCUT2D eigenvalue weighted by Crippen LogP contribution is -2.29. The lowest BCUT2D eigenvalue weighted by atomic mass is 9.94. The number of amides is 1. The molecule has 1 aromatic heterocycles. The molecule has 0 spiro atoms. The number of aliphatic hydroxyl groups is 1. The van der Waals surface area contributed by atoms with Crippen molar-refractivity contribution in [3.63, 3.8) is 0 Å². The van der Waals surface area contributed by atoms with Crippen molar-refractivity contribution in [1.82, 2.24) is 9.88 Å². The van der Waals surface area contributed by atoms with Crippen molar-refractivity contribution in [2.75, 3.05) is 0 Å². The van der Waals surface area contributed by atoms with Crippen LogP contribution in [0, 0.1) is 6.92 Å². The molecule has 38 heavy (non-hydrogen) atoms. The molecule has 0 radical (unpaired) electrons. The number of aromatic nitrogens is 1. The first-order valence-corrected chi connectivity index (χ1v) is 12.9. The summed E-state index contributed by atoms with van der Waals surface area (Å²) in [6, 6.07) is 25.4. The number of hydrogen-bond donors (Lipinski definition) is 1. The highest BCUT2D eigenvalue weighted by Crippen LogP contribution is 2.41. The third kappa shape index (κ3) is 5.24. The van der Waals surface area contributed by atoms with Crippen LogP contribution in [0.4, 0.5) is 0 Å². The number of nitrogens with zero attached hydrogens (tertiary/aromatic N) is 2. The molecule has 6 nitrogen and oxygen atoms in total. The second kappa shape index (κ2) is 11.0. The summed E-state index contributed by atoms with van der Waals surface area (Å²) >= 11 is 3.49. The molecule has 7 heteroatoms. The number of hydrogen-bond acceptors (Lipinski definition) is 5. The van der Waals surface area contributed by atoms with E-state index in [1.807, 2.05) is 67.6 Å². The molecule has 1 amide bonds. The Morgan fingerprint density at radius 1 is 0.974 bits per heavy atom. The number of ether oxygens (including phenoxy) is 1. The van der Waals surface area contributed by atoms with Crippen molar-refractivity contribution in [3.05, 3.63) is 135 Å². The minimum atomic E-state index is -0.762. The fourth-order valence-electron chi connectivity index (χ4n) is 4.60. The third-order valence-electron chi connectivity index (χ3n) is 6.47. The van der Waals surface area contributed by atoms with Gasteiger partial charge in [-0.3, -0.25) is 14.6 Å². The second-order valence-electron chi connectivity index (χ2n) is 9.10. The predicted octanol–water partition coefficient (Wildman–Crippen LogP) is 6.35. The largest absolute Gasteiger partial charge is 0.507 e. The van der Waals surface area contributed by atoms with Crippen LogP contribution in [-0.4, -0.2) is 26.7 Å². The van der Waals surface area contributed by atoms with Gasteiger partial charge in [0.05, 0.1) is 11.6 Å². The minimum Gasteiger partial charge on any atom is -0.507 e. The zero-order chi connectivity index (χ0) is 26.6. The molecule has 0 saturated carbocycles. The Hall–Kier alpha value is -4.23. The number of rotatable bonds is 7. The van der Waals surface area contributed by atoms with Crippen molar-refractivity contribution in [3.8, 4) is 5.75 Å². The van der Waals surface area contributed by atoms with Crippen molar-refractivity contribution in [2.24, 2.45) is 0 Å². The summed E-state index contributed by atoms with van der Waals surface area (Å²) in [5, 5.41) is 11.4. The molecule has 5 rings (SSSR count). The van der Waals surface area contributed by atoms with Crippen LogP contribution in [0.1, 0.15) is 33.9 Å². The van der Waals surface area contributed by atoms with Gasteiger partial charge in [0, 0.05) is 29.0 Å². The summed E-state index contributed by atoms with van der Waals surface area (Å²) in [5.74, 6) is -0.941. The number of Topliss-reactive ketones (excluding diaryl/α,β-unsaturated/α-hetero) is 1. The van der Waals surface area contributed by atoms with Crippen LogP contribution in [0.5, 0.6) is 5.75 Å². The average Bonchev–Trinajstić information content (AvgIpc) is 3.18. The summed E-state index contributed by atoms with van der Waals surface area (Å²) < 4.78 is 6.77. The maximum atomic E-state index is 13.3. The number of ketones is 1. The molecule has 1 fully saturated rings. The summed E-state index contributed by atoms with van der Waals surface area (Å²) in [6.45, 7) is 2.47. The van der Waals surface area contributed by atoms with E-state index in [4.69, 9.17) is 4.74 Å². The molecule has 1 aliphatic rings. The minimum absolute atomic E-state index is 0.0503. The fourth-order valence-corrected chi connectivity index (χ4v) is 5.02. The zero-order valence-electron chi connectivity index (χ0n) is 20.7. The molecule has 3 aromatic carbocycles. The number of aryl methyl sites for hydroxylation is 1. The van der Waals surface area contributed by atoms with Crippen LogP contribution in [-0.2, 0) is 22.7 Å². The molecular formula is C31H25BrN2O4. The van der Waals surface area contributed by atoms with E-state index < -0.39 is 17.7 Å². The van der Waals surface area contributed by atoms with Crippen molar-refractivity contribution >= 4 is 33.4 Å². The van der Waals surface area contributed by atoms with Crippen LogP contribution in [0.2, 0.25) is 0 Å². The first-order valence-electron chi connectivity index (χ1n) is 12.1. The summed E-state index contributed by atoms with van der Waals surface area (Å²) in [6.07, 6.45) is 3.31. The van der Waals surface area contributed by atoms with E-state index >= 15 is 0 Å². The highest BCUT2D eigenvalue weighted by molar-refractivity contribution is 9.10. The Bertz CT molecular complexity index is 1520. The van der Waals surface area contributed by atoms with E-state index in [0.29, 0.717) is 23.5 Å². The van der Waals surface area contributed by atoms with E-state index in [2.05, 4.69) is 20.9 Å². The number of pyridine rings is 1. The van der Waals surface area contributed by atoms with Gasteiger partial charge in [-0.05, 0) is 65.6 Å². The molecule has 0 bridgehead atoms. The molecular weight excluding hydrogens is 544 g/mol. The van der Waals surface area contributed by atoms with Crippen molar-refractivity contribution < 1.29 is 19.4 Å². The normalized spacial score (nSPS) is 16.6. The van der Waals surface area contributed by atoms with E-state index in [-0.39, 0.29) is 17.9 Å². The Labute approximate surface area is 229 Å². The van der Waals surface area contributed by atoms with Crippen LogP contribution in [0.25, 0.3) is 5.76 Å². The summed E-state index contributed by atoms with van der Waals surface area (Å²) in [5.41, 5.74) is 3.83. The molecule has 0 unspecified atom stereocenters. The first-order chi connectivity index (χ1) is 18.4. The molecule has 0 aliphatic carbocycles. The second-order valence-corrected chi connectivity index (χ2v) is 10.0. The standard InChI is InChI=1S/C31H25BrN2O4/c1-20-15-24(12-13-26(20)38-19-21-7-3-2-4-8-21)29(35)27-28(23-10-5-11-25(32)16-23)34(31(37)30(27)36)18-22-9-6-14-33-17-22/h2-17,28,35H,18-19H2,1H3/b29-27+/t28-/m1/s1. The van der Waals surface area contributed by atoms with Gasteiger partial charge in [0.25, 0.3) is 11.7 Å². The topological polar surface area (TPSA) is 79.7 Å². The van der Waals surface area contributed by atoms with E-state index in [0.717, 1.165) is 21.2 Å². The van der Waals surface area contributed by atoms with Crippen LogP contribution >= 0.6 is 15.9 Å². The number of halogens is 1. The summed E-state index contributed by atoms with van der Waals surface area (Å²) in [7, 11) is 0. The van der Waals surface area contributed by atoms with Gasteiger partial charge in [-0.1, -0.05) is 64.5 Å². The number of benzene rings is 3. The Morgan fingerprint density at radius 2 is 1.76 bits per heavy atom. The quantitative estimate of drug-likeness (QED) is 0.159. The Kier molecular flexibility index (Phi) is 7.38. The van der Waals surface area contributed by atoms with E-state index in [1.165, 1.54) is 4.90 Å². The fraction of sp³-hybridized carbons (Fsp3) is 0.129. The Morgan fingerprint density at radius 3 is 2.47 bits per heavy atom. The maximum absolute atomic E-state index is 13.3. The number of carbonyl (C=O) groups is 2. The lowest BCUT2D eigenvalue weighted by Gasteiger charge is -2.25. The summed E-state index contributed by atoms with van der Waals surface area (Å²) in [4.78, 5) is 32.2. The number of likely N-dealkylation sites (tertiary alicyclic amines) is 1. The van der Waals surface area contributed by atoms with Crippen molar-refractivity contribution in [1.29, 1.82) is 0 Å². The molecule has 4 aromatic rings. The molecule has 2 heterocycles. The SMILES string of the molecule is Cc1cc(/C(O)=C2\C(=O)C(=O)N(Cc3cccnc3)[C@@H]2c2cccc(Br)c2)ccc1OCc1ccccc1. The van der Waals surface area contributed by atoms with Gasteiger partial charge in [0.15, 0.2) is 0 Å². The molecule has 1 N–H and O–H groups in total. The van der Waals surface area contributed by atoms with Gasteiger partial charge in [0.2, 0.25) is 0 Å². The highest BCUT2D eigenvalue weighted by Gasteiger charge is 2.46. The van der Waals surface area contributed by atoms with Gasteiger partial charge in [-0.2, -0.15) is 0 Å². The van der Waals surface area contributed by atoms with Gasteiger partial charge in [-0.15, -0.1) is 0 Å². The predicted molar refractivity (Wildman–Crippen MR) is 148 cm³/mol. The lowest BCUT2D eigenvalue weighted by molar-refractivity contribution is -0.140. The highest BCUT2D eigenvalue weighted by atomic mass is 79.9. The first kappa shape index (κ1) is 25.4. The van der Waals surface area contributed by atoms with Gasteiger partial charge < -0.3 is 14.7 Å². The average molecular weight is 569 g/mol. The van der Waals surface area contributed by atoms with Gasteiger partial charge in [0.1, 0.15) is 18.1 Å². The smallest absolute Gasteiger partial charge is 0.295 e.